The fourth-order valence-electron chi connectivity index (χ4n) is 2.45. The number of aromatic nitrogens is 1. The van der Waals surface area contributed by atoms with E-state index in [4.69, 9.17) is 9.47 Å². The van der Waals surface area contributed by atoms with E-state index in [2.05, 4.69) is 18.8 Å². The summed E-state index contributed by atoms with van der Waals surface area (Å²) in [4.78, 5) is 5.72. The standard InChI is InChI=1S/C14H23NO3S/c1-14(2)8-10-13(11(16)9-14)19-12(15-10)4-5-18-7-6-17-3/h11,16H,4-9H2,1-3H3. The highest BCUT2D eigenvalue weighted by atomic mass is 32.1. The summed E-state index contributed by atoms with van der Waals surface area (Å²) in [7, 11) is 1.67. The molecule has 1 atom stereocenters. The molecule has 5 heteroatoms. The molecule has 4 nitrogen and oxygen atoms in total. The van der Waals surface area contributed by atoms with E-state index in [1.165, 1.54) is 0 Å². The summed E-state index contributed by atoms with van der Waals surface area (Å²) in [5.41, 5.74) is 1.23. The molecule has 1 heterocycles. The summed E-state index contributed by atoms with van der Waals surface area (Å²) in [6.07, 6.45) is 2.25. The van der Waals surface area contributed by atoms with Gasteiger partial charge in [-0.3, -0.25) is 0 Å². The van der Waals surface area contributed by atoms with Crippen LogP contribution in [0.4, 0.5) is 0 Å². The highest BCUT2D eigenvalue weighted by molar-refractivity contribution is 7.11. The average Bonchev–Trinajstić information content (AvgIpc) is 2.70. The van der Waals surface area contributed by atoms with E-state index in [0.717, 1.165) is 34.8 Å². The second-order valence-corrected chi connectivity index (χ2v) is 6.95. The Morgan fingerprint density at radius 1 is 1.37 bits per heavy atom. The number of aliphatic hydroxyl groups is 1. The van der Waals surface area contributed by atoms with Crippen LogP contribution in [0.2, 0.25) is 0 Å². The maximum atomic E-state index is 10.2. The smallest absolute Gasteiger partial charge is 0.0955 e. The van der Waals surface area contributed by atoms with Crippen molar-refractivity contribution < 1.29 is 14.6 Å². The molecule has 0 saturated carbocycles. The maximum Gasteiger partial charge on any atom is 0.0955 e. The van der Waals surface area contributed by atoms with Crippen molar-refractivity contribution in [2.24, 2.45) is 5.41 Å². The quantitative estimate of drug-likeness (QED) is 0.815. The van der Waals surface area contributed by atoms with Gasteiger partial charge >= 0.3 is 0 Å². The maximum absolute atomic E-state index is 10.2. The van der Waals surface area contributed by atoms with Crippen molar-refractivity contribution in [3.05, 3.63) is 15.6 Å². The molecule has 19 heavy (non-hydrogen) atoms. The van der Waals surface area contributed by atoms with Gasteiger partial charge in [0.05, 0.1) is 41.5 Å². The predicted molar refractivity (Wildman–Crippen MR) is 75.6 cm³/mol. The summed E-state index contributed by atoms with van der Waals surface area (Å²) in [5, 5.41) is 11.2. The lowest BCUT2D eigenvalue weighted by molar-refractivity contribution is 0.0722. The molecule has 1 N–H and O–H groups in total. The molecule has 0 spiro atoms. The Kier molecular flexibility index (Phi) is 4.95. The molecule has 0 fully saturated rings. The van der Waals surface area contributed by atoms with Gasteiger partial charge in [0, 0.05) is 13.5 Å². The number of hydrogen-bond acceptors (Lipinski definition) is 5. The first-order valence-corrected chi connectivity index (χ1v) is 7.57. The van der Waals surface area contributed by atoms with Gasteiger partial charge in [0.1, 0.15) is 0 Å². The number of rotatable bonds is 6. The highest BCUT2D eigenvalue weighted by Crippen LogP contribution is 2.42. The summed E-state index contributed by atoms with van der Waals surface area (Å²) in [5.74, 6) is 0. The minimum Gasteiger partial charge on any atom is -0.387 e. The first-order chi connectivity index (χ1) is 9.02. The number of methoxy groups -OCH3 is 1. The SMILES string of the molecule is COCCOCCc1nc2c(s1)C(O)CC(C)(C)C2. The molecule has 1 aliphatic rings. The topological polar surface area (TPSA) is 51.6 Å². The molecule has 1 aromatic rings. The van der Waals surface area contributed by atoms with E-state index in [0.29, 0.717) is 19.8 Å². The third-order valence-electron chi connectivity index (χ3n) is 3.36. The Bertz CT molecular complexity index is 417. The number of fused-ring (bicyclic) bond motifs is 1. The van der Waals surface area contributed by atoms with E-state index in [9.17, 15) is 5.11 Å². The van der Waals surface area contributed by atoms with Gasteiger partial charge in [-0.25, -0.2) is 4.98 Å². The van der Waals surface area contributed by atoms with Crippen LogP contribution in [0, 0.1) is 5.41 Å². The minimum absolute atomic E-state index is 0.146. The lowest BCUT2D eigenvalue weighted by atomic mass is 9.77. The third kappa shape index (κ3) is 3.99. The first-order valence-electron chi connectivity index (χ1n) is 6.75. The van der Waals surface area contributed by atoms with Gasteiger partial charge in [-0.15, -0.1) is 11.3 Å². The number of ether oxygens (including phenoxy) is 2. The van der Waals surface area contributed by atoms with Crippen LogP contribution in [-0.2, 0) is 22.3 Å². The average molecular weight is 285 g/mol. The van der Waals surface area contributed by atoms with Crippen LogP contribution in [0.1, 0.15) is 42.0 Å². The van der Waals surface area contributed by atoms with Gasteiger partial charge in [0.15, 0.2) is 0 Å². The van der Waals surface area contributed by atoms with Crippen molar-refractivity contribution >= 4 is 11.3 Å². The van der Waals surface area contributed by atoms with Crippen molar-refractivity contribution in [3.63, 3.8) is 0 Å². The molecule has 2 rings (SSSR count). The first kappa shape index (κ1) is 14.9. The lowest BCUT2D eigenvalue weighted by Crippen LogP contribution is -2.24. The van der Waals surface area contributed by atoms with E-state index in [-0.39, 0.29) is 11.5 Å². The Hall–Kier alpha value is -0.490. The van der Waals surface area contributed by atoms with Gasteiger partial charge < -0.3 is 14.6 Å². The van der Waals surface area contributed by atoms with Crippen LogP contribution in [0.15, 0.2) is 0 Å². The molecule has 0 radical (unpaired) electrons. The highest BCUT2D eigenvalue weighted by Gasteiger charge is 2.33. The molecular weight excluding hydrogens is 262 g/mol. The predicted octanol–water partition coefficient (Wildman–Crippen LogP) is 2.35. The Morgan fingerprint density at radius 2 is 2.16 bits per heavy atom. The monoisotopic (exact) mass is 285 g/mol. The molecule has 0 saturated heterocycles. The zero-order valence-corrected chi connectivity index (χ0v) is 12.8. The van der Waals surface area contributed by atoms with Crippen LogP contribution in [0.25, 0.3) is 0 Å². The molecule has 0 bridgehead atoms. The Labute approximate surface area is 118 Å². The van der Waals surface area contributed by atoms with Crippen LogP contribution in [-0.4, -0.2) is 37.0 Å². The zero-order chi connectivity index (χ0) is 13.9. The number of aliphatic hydroxyl groups excluding tert-OH is 1. The van der Waals surface area contributed by atoms with Crippen molar-refractivity contribution in [2.45, 2.75) is 39.2 Å². The second kappa shape index (κ2) is 6.31. The zero-order valence-electron chi connectivity index (χ0n) is 11.9. The molecule has 0 aliphatic heterocycles. The Morgan fingerprint density at radius 3 is 2.89 bits per heavy atom. The fourth-order valence-corrected chi connectivity index (χ4v) is 3.50. The van der Waals surface area contributed by atoms with Crippen LogP contribution in [0.5, 0.6) is 0 Å². The van der Waals surface area contributed by atoms with E-state index in [1.807, 2.05) is 0 Å². The largest absolute Gasteiger partial charge is 0.387 e. The summed E-state index contributed by atoms with van der Waals surface area (Å²) in [6.45, 7) is 6.28. The van der Waals surface area contributed by atoms with Gasteiger partial charge in [-0.1, -0.05) is 13.8 Å². The van der Waals surface area contributed by atoms with Crippen LogP contribution < -0.4 is 0 Å². The van der Waals surface area contributed by atoms with Crippen molar-refractivity contribution in [2.75, 3.05) is 26.9 Å². The van der Waals surface area contributed by atoms with Crippen molar-refractivity contribution in [1.29, 1.82) is 0 Å². The fraction of sp³-hybridized carbons (Fsp3) is 0.786. The lowest BCUT2D eigenvalue weighted by Gasteiger charge is -2.31. The molecule has 1 aliphatic carbocycles. The van der Waals surface area contributed by atoms with Gasteiger partial charge in [-0.05, 0) is 18.3 Å². The van der Waals surface area contributed by atoms with Gasteiger partial charge in [0.25, 0.3) is 0 Å². The van der Waals surface area contributed by atoms with Gasteiger partial charge in [0.2, 0.25) is 0 Å². The summed E-state index contributed by atoms with van der Waals surface area (Å²) >= 11 is 1.64. The van der Waals surface area contributed by atoms with E-state index >= 15 is 0 Å². The van der Waals surface area contributed by atoms with E-state index < -0.39 is 0 Å². The number of thiazole rings is 1. The Balaban J connectivity index is 1.91. The van der Waals surface area contributed by atoms with E-state index in [1.54, 1.807) is 18.4 Å². The molecule has 1 unspecified atom stereocenters. The number of nitrogens with zero attached hydrogens (tertiary/aromatic N) is 1. The molecule has 0 amide bonds. The van der Waals surface area contributed by atoms with Crippen LogP contribution >= 0.6 is 11.3 Å². The normalized spacial score (nSPS) is 21.4. The van der Waals surface area contributed by atoms with Gasteiger partial charge in [-0.2, -0.15) is 0 Å². The number of hydrogen-bond donors (Lipinski definition) is 1. The molecule has 0 aromatic carbocycles. The molecular formula is C14H23NO3S. The summed E-state index contributed by atoms with van der Waals surface area (Å²) < 4.78 is 10.4. The molecule has 1 aromatic heterocycles. The van der Waals surface area contributed by atoms with Crippen molar-refractivity contribution in [3.8, 4) is 0 Å². The molecule has 108 valence electrons. The van der Waals surface area contributed by atoms with Crippen LogP contribution in [0.3, 0.4) is 0 Å². The summed E-state index contributed by atoms with van der Waals surface area (Å²) in [6, 6.07) is 0. The minimum atomic E-state index is -0.348. The third-order valence-corrected chi connectivity index (χ3v) is 4.62. The second-order valence-electron chi connectivity index (χ2n) is 5.83. The van der Waals surface area contributed by atoms with Crippen molar-refractivity contribution in [1.82, 2.24) is 4.98 Å².